The van der Waals surface area contributed by atoms with Gasteiger partial charge in [-0.3, -0.25) is 4.79 Å². The third kappa shape index (κ3) is 2.66. The van der Waals surface area contributed by atoms with Crippen LogP contribution in [0.15, 0.2) is 42.1 Å². The number of benzene rings is 1. The molecule has 122 valence electrons. The summed E-state index contributed by atoms with van der Waals surface area (Å²) in [5, 5.41) is 0. The number of aryl methyl sites for hydroxylation is 1. The molecule has 24 heavy (non-hydrogen) atoms. The third-order valence-electron chi connectivity index (χ3n) is 4.56. The summed E-state index contributed by atoms with van der Waals surface area (Å²) in [5.41, 5.74) is 2.58. The number of carbonyl (C=O) groups excluding carboxylic acids is 1. The quantitative estimate of drug-likeness (QED) is 0.853. The minimum atomic E-state index is 0.0253. The molecule has 2 aliphatic rings. The van der Waals surface area contributed by atoms with Crippen LogP contribution in [0.4, 0.5) is 0 Å². The molecule has 1 fully saturated rings. The summed E-state index contributed by atoms with van der Waals surface area (Å²) in [6.07, 6.45) is 5.64. The predicted molar refractivity (Wildman–Crippen MR) is 90.4 cm³/mol. The zero-order valence-corrected chi connectivity index (χ0v) is 13.6. The van der Waals surface area contributed by atoms with Crippen LogP contribution in [-0.4, -0.2) is 33.9 Å². The normalized spacial score (nSPS) is 19.5. The molecule has 0 aliphatic carbocycles. The van der Waals surface area contributed by atoms with Crippen LogP contribution in [0.2, 0.25) is 0 Å². The van der Waals surface area contributed by atoms with E-state index in [0.29, 0.717) is 12.2 Å². The molecule has 4 rings (SSSR count). The van der Waals surface area contributed by atoms with Crippen molar-refractivity contribution in [2.24, 2.45) is 0 Å². The molecule has 2 aromatic rings. The van der Waals surface area contributed by atoms with Gasteiger partial charge in [0.2, 0.25) is 0 Å². The van der Waals surface area contributed by atoms with Crippen molar-refractivity contribution in [3.63, 3.8) is 0 Å². The van der Waals surface area contributed by atoms with Crippen molar-refractivity contribution in [3.8, 4) is 5.75 Å². The monoisotopic (exact) mass is 321 g/mol. The Morgan fingerprint density at radius 3 is 3.04 bits per heavy atom. The lowest BCUT2D eigenvalue weighted by atomic mass is 10.1. The molecular formula is C19H19N3O2. The number of aromatic nitrogens is 2. The second kappa shape index (κ2) is 6.07. The lowest BCUT2D eigenvalue weighted by Crippen LogP contribution is -2.34. The van der Waals surface area contributed by atoms with Gasteiger partial charge in [0, 0.05) is 18.3 Å². The van der Waals surface area contributed by atoms with E-state index in [1.807, 2.05) is 48.2 Å². The molecule has 3 heterocycles. The molecule has 0 N–H and O–H groups in total. The Kier molecular flexibility index (Phi) is 3.76. The van der Waals surface area contributed by atoms with Crippen LogP contribution in [0.5, 0.6) is 5.75 Å². The predicted octanol–water partition coefficient (Wildman–Crippen LogP) is 2.92. The minimum Gasteiger partial charge on any atom is -0.488 e. The summed E-state index contributed by atoms with van der Waals surface area (Å²) in [5.74, 6) is 1.61. The van der Waals surface area contributed by atoms with Gasteiger partial charge in [-0.2, -0.15) is 0 Å². The highest BCUT2D eigenvalue weighted by molar-refractivity contribution is 5.99. The first-order valence-electron chi connectivity index (χ1n) is 8.25. The van der Waals surface area contributed by atoms with Crippen molar-refractivity contribution in [3.05, 3.63) is 59.2 Å². The Balaban J connectivity index is 1.61. The molecule has 5 nitrogen and oxygen atoms in total. The number of carbonyl (C=O) groups is 1. The van der Waals surface area contributed by atoms with E-state index in [-0.39, 0.29) is 11.9 Å². The van der Waals surface area contributed by atoms with E-state index in [4.69, 9.17) is 4.74 Å². The highest BCUT2D eigenvalue weighted by Crippen LogP contribution is 2.33. The van der Waals surface area contributed by atoms with Crippen molar-refractivity contribution in [1.29, 1.82) is 0 Å². The van der Waals surface area contributed by atoms with E-state index < -0.39 is 0 Å². The van der Waals surface area contributed by atoms with Crippen LogP contribution < -0.4 is 4.74 Å². The zero-order valence-electron chi connectivity index (χ0n) is 13.6. The number of rotatable bonds is 2. The van der Waals surface area contributed by atoms with Gasteiger partial charge in [-0.1, -0.05) is 18.2 Å². The van der Waals surface area contributed by atoms with Crippen molar-refractivity contribution in [2.75, 3.05) is 13.2 Å². The van der Waals surface area contributed by atoms with Crippen LogP contribution >= 0.6 is 0 Å². The number of para-hydroxylation sites is 1. The van der Waals surface area contributed by atoms with Crippen LogP contribution in [0, 0.1) is 6.92 Å². The number of fused-ring (bicyclic) bond motifs is 1. The lowest BCUT2D eigenvalue weighted by Gasteiger charge is -2.27. The van der Waals surface area contributed by atoms with E-state index in [0.717, 1.165) is 42.2 Å². The third-order valence-corrected chi connectivity index (χ3v) is 4.56. The molecule has 1 aromatic heterocycles. The van der Waals surface area contributed by atoms with Gasteiger partial charge in [0.1, 0.15) is 18.2 Å². The first kappa shape index (κ1) is 14.9. The molecular weight excluding hydrogens is 302 g/mol. The van der Waals surface area contributed by atoms with E-state index in [1.165, 1.54) is 0 Å². The Hall–Kier alpha value is -2.69. The number of ether oxygens (including phenoxy) is 1. The summed E-state index contributed by atoms with van der Waals surface area (Å²) in [6.45, 7) is 2.95. The molecule has 0 saturated carbocycles. The topological polar surface area (TPSA) is 55.3 Å². The maximum Gasteiger partial charge on any atom is 0.253 e. The number of likely N-dealkylation sites (tertiary alicyclic amines) is 1. The maximum absolute atomic E-state index is 13.0. The van der Waals surface area contributed by atoms with E-state index in [9.17, 15) is 4.79 Å². The summed E-state index contributed by atoms with van der Waals surface area (Å²) in [6, 6.07) is 9.72. The van der Waals surface area contributed by atoms with Crippen LogP contribution in [0.3, 0.4) is 0 Å². The van der Waals surface area contributed by atoms with Gasteiger partial charge in [0.25, 0.3) is 5.91 Å². The SMILES string of the molecule is Cc1nccc(C2CCCN2C(=O)C2=Cc3ccccc3OC2)n1. The van der Waals surface area contributed by atoms with Gasteiger partial charge < -0.3 is 9.64 Å². The number of hydrogen-bond acceptors (Lipinski definition) is 4. The highest BCUT2D eigenvalue weighted by Gasteiger charge is 2.33. The zero-order chi connectivity index (χ0) is 16.5. The average molecular weight is 321 g/mol. The summed E-state index contributed by atoms with van der Waals surface area (Å²) in [7, 11) is 0. The average Bonchev–Trinajstić information content (AvgIpc) is 3.10. The van der Waals surface area contributed by atoms with Gasteiger partial charge in [0.15, 0.2) is 0 Å². The Bertz CT molecular complexity index is 816. The molecule has 5 heteroatoms. The van der Waals surface area contributed by atoms with Gasteiger partial charge in [-0.25, -0.2) is 9.97 Å². The second-order valence-electron chi connectivity index (χ2n) is 6.18. The Morgan fingerprint density at radius 2 is 2.17 bits per heavy atom. The van der Waals surface area contributed by atoms with E-state index in [1.54, 1.807) is 6.20 Å². The van der Waals surface area contributed by atoms with Crippen molar-refractivity contribution < 1.29 is 9.53 Å². The molecule has 0 spiro atoms. The molecule has 0 bridgehead atoms. The van der Waals surface area contributed by atoms with Crippen molar-refractivity contribution >= 4 is 12.0 Å². The van der Waals surface area contributed by atoms with Crippen LogP contribution in [-0.2, 0) is 4.79 Å². The van der Waals surface area contributed by atoms with Gasteiger partial charge in [-0.15, -0.1) is 0 Å². The van der Waals surface area contributed by atoms with E-state index >= 15 is 0 Å². The summed E-state index contributed by atoms with van der Waals surface area (Å²) < 4.78 is 5.74. The maximum atomic E-state index is 13.0. The first-order valence-corrected chi connectivity index (χ1v) is 8.25. The first-order chi connectivity index (χ1) is 11.7. The smallest absolute Gasteiger partial charge is 0.253 e. The van der Waals surface area contributed by atoms with Crippen LogP contribution in [0.25, 0.3) is 6.08 Å². The minimum absolute atomic E-state index is 0.0253. The molecule has 0 radical (unpaired) electrons. The fourth-order valence-corrected chi connectivity index (χ4v) is 3.40. The lowest BCUT2D eigenvalue weighted by molar-refractivity contribution is -0.128. The largest absolute Gasteiger partial charge is 0.488 e. The number of nitrogens with zero attached hydrogens (tertiary/aromatic N) is 3. The van der Waals surface area contributed by atoms with Gasteiger partial charge >= 0.3 is 0 Å². The molecule has 1 saturated heterocycles. The Labute approximate surface area is 141 Å². The fourth-order valence-electron chi connectivity index (χ4n) is 3.40. The second-order valence-corrected chi connectivity index (χ2v) is 6.18. The molecule has 1 aromatic carbocycles. The van der Waals surface area contributed by atoms with Crippen molar-refractivity contribution in [1.82, 2.24) is 14.9 Å². The van der Waals surface area contributed by atoms with Crippen LogP contribution in [0.1, 0.15) is 36.0 Å². The Morgan fingerprint density at radius 1 is 1.29 bits per heavy atom. The van der Waals surface area contributed by atoms with E-state index in [2.05, 4.69) is 9.97 Å². The van der Waals surface area contributed by atoms with Gasteiger partial charge in [-0.05, 0) is 38.0 Å². The highest BCUT2D eigenvalue weighted by atomic mass is 16.5. The molecule has 2 aliphatic heterocycles. The number of hydrogen-bond donors (Lipinski definition) is 0. The van der Waals surface area contributed by atoms with Crippen molar-refractivity contribution in [2.45, 2.75) is 25.8 Å². The standard InChI is InChI=1S/C19H19N3O2/c1-13-20-9-8-16(21-13)17-6-4-10-22(17)19(23)15-11-14-5-2-3-7-18(14)24-12-15/h2-3,5,7-9,11,17H,4,6,10,12H2,1H3. The summed E-state index contributed by atoms with van der Waals surface area (Å²) in [4.78, 5) is 23.6. The molecule has 1 amide bonds. The fraction of sp³-hybridized carbons (Fsp3) is 0.316. The number of amides is 1. The molecule has 1 unspecified atom stereocenters. The summed E-state index contributed by atoms with van der Waals surface area (Å²) >= 11 is 0. The van der Waals surface area contributed by atoms with Gasteiger partial charge in [0.05, 0.1) is 17.3 Å². The molecule has 1 atom stereocenters.